The van der Waals surface area contributed by atoms with Gasteiger partial charge in [0.2, 0.25) is 5.82 Å². The zero-order valence-electron chi connectivity index (χ0n) is 16.1. The van der Waals surface area contributed by atoms with Crippen molar-refractivity contribution in [1.29, 1.82) is 0 Å². The summed E-state index contributed by atoms with van der Waals surface area (Å²) in [6.45, 7) is 3.52. The molecule has 1 aliphatic heterocycles. The minimum atomic E-state index is -0.340. The van der Waals surface area contributed by atoms with Crippen LogP contribution in [0.25, 0.3) is 22.8 Å². The van der Waals surface area contributed by atoms with E-state index >= 15 is 0 Å². The smallest absolute Gasteiger partial charge is 0.259 e. The van der Waals surface area contributed by atoms with Crippen molar-refractivity contribution >= 4 is 11.6 Å². The van der Waals surface area contributed by atoms with Crippen LogP contribution in [0.2, 0.25) is 0 Å². The van der Waals surface area contributed by atoms with Crippen molar-refractivity contribution in [3.63, 3.8) is 0 Å². The Morgan fingerprint density at radius 2 is 1.60 bits per heavy atom. The maximum atomic E-state index is 13.4. The molecular weight excluding hydrogens is 383 g/mol. The predicted molar refractivity (Wildman–Crippen MR) is 112 cm³/mol. The molecule has 8 heteroatoms. The highest BCUT2D eigenvalue weighted by molar-refractivity contribution is 5.60. The Labute approximate surface area is 172 Å². The SMILES string of the molecule is Fc1cccc(-c2noc(-c3ccc(N4CCN(c5ccccn5)CC4)nc3)n2)c1. The molecule has 0 bridgehead atoms. The fourth-order valence-electron chi connectivity index (χ4n) is 3.49. The van der Waals surface area contributed by atoms with Gasteiger partial charge in [-0.25, -0.2) is 14.4 Å². The lowest BCUT2D eigenvalue weighted by Gasteiger charge is -2.36. The van der Waals surface area contributed by atoms with Gasteiger partial charge in [0.1, 0.15) is 17.5 Å². The molecule has 3 aromatic heterocycles. The third-order valence-corrected chi connectivity index (χ3v) is 5.08. The number of benzene rings is 1. The molecule has 0 saturated carbocycles. The van der Waals surface area contributed by atoms with E-state index in [-0.39, 0.29) is 5.82 Å². The summed E-state index contributed by atoms with van der Waals surface area (Å²) in [5.41, 5.74) is 1.29. The second kappa shape index (κ2) is 7.90. The van der Waals surface area contributed by atoms with E-state index in [1.165, 1.54) is 12.1 Å². The van der Waals surface area contributed by atoms with Crippen LogP contribution >= 0.6 is 0 Å². The van der Waals surface area contributed by atoms with Crippen molar-refractivity contribution in [2.24, 2.45) is 0 Å². The number of piperazine rings is 1. The molecule has 0 atom stereocenters. The van der Waals surface area contributed by atoms with Crippen molar-refractivity contribution in [3.05, 3.63) is 72.8 Å². The van der Waals surface area contributed by atoms with Gasteiger partial charge in [-0.1, -0.05) is 23.4 Å². The second-order valence-electron chi connectivity index (χ2n) is 7.00. The number of rotatable bonds is 4. The van der Waals surface area contributed by atoms with Crippen LogP contribution < -0.4 is 9.80 Å². The van der Waals surface area contributed by atoms with E-state index in [9.17, 15) is 4.39 Å². The molecule has 1 fully saturated rings. The Hall–Kier alpha value is -3.81. The summed E-state index contributed by atoms with van der Waals surface area (Å²) in [7, 11) is 0. The number of hydrogen-bond donors (Lipinski definition) is 0. The average Bonchev–Trinajstić information content (AvgIpc) is 3.30. The van der Waals surface area contributed by atoms with Crippen LogP contribution in [-0.2, 0) is 0 Å². The van der Waals surface area contributed by atoms with Crippen LogP contribution in [0.3, 0.4) is 0 Å². The van der Waals surface area contributed by atoms with Gasteiger partial charge in [-0.2, -0.15) is 4.98 Å². The number of halogens is 1. The van der Waals surface area contributed by atoms with Crippen LogP contribution in [-0.4, -0.2) is 46.3 Å². The van der Waals surface area contributed by atoms with Gasteiger partial charge < -0.3 is 14.3 Å². The van der Waals surface area contributed by atoms with Crippen molar-refractivity contribution < 1.29 is 8.91 Å². The molecule has 4 heterocycles. The Morgan fingerprint density at radius 3 is 2.27 bits per heavy atom. The average molecular weight is 402 g/mol. The third kappa shape index (κ3) is 3.71. The van der Waals surface area contributed by atoms with Crippen LogP contribution in [0.5, 0.6) is 0 Å². The zero-order chi connectivity index (χ0) is 20.3. The summed E-state index contributed by atoms with van der Waals surface area (Å²) in [6, 6.07) is 15.9. The molecule has 5 rings (SSSR count). The highest BCUT2D eigenvalue weighted by atomic mass is 19.1. The molecule has 4 aromatic rings. The monoisotopic (exact) mass is 402 g/mol. The summed E-state index contributed by atoms with van der Waals surface area (Å²) in [6.07, 6.45) is 3.54. The van der Waals surface area contributed by atoms with Crippen LogP contribution in [0.15, 0.2) is 71.5 Å². The molecule has 0 spiro atoms. The maximum Gasteiger partial charge on any atom is 0.259 e. The van der Waals surface area contributed by atoms with Crippen molar-refractivity contribution in [2.75, 3.05) is 36.0 Å². The third-order valence-electron chi connectivity index (χ3n) is 5.08. The zero-order valence-corrected chi connectivity index (χ0v) is 16.1. The lowest BCUT2D eigenvalue weighted by atomic mass is 10.2. The number of anilines is 2. The Balaban J connectivity index is 1.26. The standard InChI is InChI=1S/C22H19FN6O/c23-18-5-3-4-16(14-18)21-26-22(30-27-21)17-7-8-20(25-15-17)29-12-10-28(11-13-29)19-6-1-2-9-24-19/h1-9,14-15H,10-13H2. The van der Waals surface area contributed by atoms with E-state index in [2.05, 4.69) is 29.9 Å². The molecule has 0 N–H and O–H groups in total. The van der Waals surface area contributed by atoms with E-state index in [1.807, 2.05) is 36.5 Å². The molecule has 0 aliphatic carbocycles. The molecule has 0 amide bonds. The van der Waals surface area contributed by atoms with Gasteiger partial charge in [-0.05, 0) is 36.4 Å². The summed E-state index contributed by atoms with van der Waals surface area (Å²) < 4.78 is 18.8. The molecule has 30 heavy (non-hydrogen) atoms. The fourth-order valence-corrected chi connectivity index (χ4v) is 3.49. The number of nitrogens with zero attached hydrogens (tertiary/aromatic N) is 6. The number of aromatic nitrogens is 4. The van der Waals surface area contributed by atoms with Gasteiger partial charge in [0.15, 0.2) is 0 Å². The first-order valence-corrected chi connectivity index (χ1v) is 9.73. The molecule has 1 saturated heterocycles. The highest BCUT2D eigenvalue weighted by Gasteiger charge is 2.19. The van der Waals surface area contributed by atoms with E-state index in [1.54, 1.807) is 18.3 Å². The van der Waals surface area contributed by atoms with E-state index in [0.29, 0.717) is 17.3 Å². The lowest BCUT2D eigenvalue weighted by molar-refractivity contribution is 0.432. The lowest BCUT2D eigenvalue weighted by Crippen LogP contribution is -2.47. The summed E-state index contributed by atoms with van der Waals surface area (Å²) >= 11 is 0. The van der Waals surface area contributed by atoms with E-state index in [0.717, 1.165) is 43.4 Å². The molecule has 0 radical (unpaired) electrons. The Bertz CT molecular complexity index is 1120. The van der Waals surface area contributed by atoms with E-state index in [4.69, 9.17) is 4.52 Å². The summed E-state index contributed by atoms with van der Waals surface area (Å²) in [5.74, 6) is 2.27. The van der Waals surface area contributed by atoms with Crippen molar-refractivity contribution in [1.82, 2.24) is 20.1 Å². The molecule has 0 unspecified atom stereocenters. The first-order chi connectivity index (χ1) is 14.8. The minimum absolute atomic E-state index is 0.340. The molecule has 7 nitrogen and oxygen atoms in total. The summed E-state index contributed by atoms with van der Waals surface area (Å²) in [5, 5.41) is 3.95. The van der Waals surface area contributed by atoms with Crippen LogP contribution in [0.4, 0.5) is 16.0 Å². The largest absolute Gasteiger partial charge is 0.353 e. The Kier molecular flexibility index (Phi) is 4.80. The van der Waals surface area contributed by atoms with Gasteiger partial charge >= 0.3 is 0 Å². The van der Waals surface area contributed by atoms with Crippen LogP contribution in [0.1, 0.15) is 0 Å². The fraction of sp³-hybridized carbons (Fsp3) is 0.182. The molecule has 1 aliphatic rings. The summed E-state index contributed by atoms with van der Waals surface area (Å²) in [4.78, 5) is 17.9. The first-order valence-electron chi connectivity index (χ1n) is 9.73. The van der Waals surface area contributed by atoms with E-state index < -0.39 is 0 Å². The quantitative estimate of drug-likeness (QED) is 0.516. The first kappa shape index (κ1) is 18.2. The predicted octanol–water partition coefficient (Wildman–Crippen LogP) is 3.66. The van der Waals surface area contributed by atoms with Crippen LogP contribution in [0, 0.1) is 5.82 Å². The second-order valence-corrected chi connectivity index (χ2v) is 7.00. The van der Waals surface area contributed by atoms with Gasteiger partial charge in [0, 0.05) is 44.1 Å². The minimum Gasteiger partial charge on any atom is -0.353 e. The maximum absolute atomic E-state index is 13.4. The van der Waals surface area contributed by atoms with Gasteiger partial charge in [0.05, 0.1) is 5.56 Å². The topological polar surface area (TPSA) is 71.2 Å². The van der Waals surface area contributed by atoms with Gasteiger partial charge in [-0.3, -0.25) is 0 Å². The highest BCUT2D eigenvalue weighted by Crippen LogP contribution is 2.24. The van der Waals surface area contributed by atoms with Gasteiger partial charge in [0.25, 0.3) is 5.89 Å². The molecular formula is C22H19FN6O. The van der Waals surface area contributed by atoms with Crippen molar-refractivity contribution in [2.45, 2.75) is 0 Å². The number of hydrogen-bond acceptors (Lipinski definition) is 7. The van der Waals surface area contributed by atoms with Gasteiger partial charge in [-0.15, -0.1) is 0 Å². The Morgan fingerprint density at radius 1 is 0.800 bits per heavy atom. The molecule has 150 valence electrons. The number of pyridine rings is 2. The van der Waals surface area contributed by atoms with Crippen molar-refractivity contribution in [3.8, 4) is 22.8 Å². The molecule has 1 aromatic carbocycles. The normalized spacial score (nSPS) is 14.2.